The fourth-order valence-electron chi connectivity index (χ4n) is 2.14. The van der Waals surface area contributed by atoms with Crippen LogP contribution in [0.2, 0.25) is 0 Å². The Morgan fingerprint density at radius 3 is 2.86 bits per heavy atom. The maximum Gasteiger partial charge on any atom is 0.411 e. The smallest absolute Gasteiger partial charge is 0.411 e. The van der Waals surface area contributed by atoms with E-state index >= 15 is 0 Å². The van der Waals surface area contributed by atoms with Crippen LogP contribution in [0.4, 0.5) is 10.5 Å². The first-order chi connectivity index (χ1) is 10.6. The summed E-state index contributed by atoms with van der Waals surface area (Å²) in [5.74, 6) is 0. The number of hydrogen-bond donors (Lipinski definition) is 2. The minimum atomic E-state index is -0.485. The van der Waals surface area contributed by atoms with Gasteiger partial charge in [0.2, 0.25) is 0 Å². The van der Waals surface area contributed by atoms with Crippen LogP contribution >= 0.6 is 15.9 Å². The van der Waals surface area contributed by atoms with E-state index < -0.39 is 6.09 Å². The number of benzene rings is 2. The van der Waals surface area contributed by atoms with Gasteiger partial charge in [-0.1, -0.05) is 30.3 Å². The van der Waals surface area contributed by atoms with Crippen LogP contribution in [0, 0.1) is 6.92 Å². The number of ether oxygens (including phenoxy) is 1. The Morgan fingerprint density at radius 2 is 2.09 bits per heavy atom. The molecule has 0 spiro atoms. The standard InChI is InChI=1S/C16H14BrN3O2/c1-10-7-12-14(19-20-15(12)17)8-13(10)18-16(21)22-9-11-5-3-2-4-6-11/h2-8H,9H2,1H3,(H,18,21)(H,19,20). The Morgan fingerprint density at radius 1 is 1.32 bits per heavy atom. The normalized spacial score (nSPS) is 10.6. The van der Waals surface area contributed by atoms with Gasteiger partial charge >= 0.3 is 6.09 Å². The summed E-state index contributed by atoms with van der Waals surface area (Å²) in [5.41, 5.74) is 3.34. The molecule has 6 heteroatoms. The molecule has 3 aromatic rings. The largest absolute Gasteiger partial charge is 0.444 e. The van der Waals surface area contributed by atoms with E-state index in [1.807, 2.05) is 49.4 Å². The molecule has 0 radical (unpaired) electrons. The van der Waals surface area contributed by atoms with Crippen LogP contribution in [0.5, 0.6) is 0 Å². The maximum atomic E-state index is 11.9. The Bertz CT molecular complexity index is 815. The first-order valence-corrected chi connectivity index (χ1v) is 7.55. The number of aromatic amines is 1. The zero-order valence-corrected chi connectivity index (χ0v) is 13.5. The van der Waals surface area contributed by atoms with Gasteiger partial charge in [0.15, 0.2) is 0 Å². The maximum absolute atomic E-state index is 11.9. The van der Waals surface area contributed by atoms with Crippen LogP contribution in [0.3, 0.4) is 0 Å². The number of carbonyl (C=O) groups excluding carboxylic acids is 1. The Labute approximate surface area is 135 Å². The summed E-state index contributed by atoms with van der Waals surface area (Å²) in [4.78, 5) is 11.9. The van der Waals surface area contributed by atoms with E-state index in [1.165, 1.54) is 0 Å². The fraction of sp³-hybridized carbons (Fsp3) is 0.125. The lowest BCUT2D eigenvalue weighted by Crippen LogP contribution is -2.14. The van der Waals surface area contributed by atoms with Crippen molar-refractivity contribution in [3.05, 3.63) is 58.2 Å². The molecule has 2 aromatic carbocycles. The van der Waals surface area contributed by atoms with Crippen molar-refractivity contribution in [2.45, 2.75) is 13.5 Å². The van der Waals surface area contributed by atoms with E-state index in [2.05, 4.69) is 31.4 Å². The molecule has 0 fully saturated rings. The number of fused-ring (bicyclic) bond motifs is 1. The van der Waals surface area contributed by atoms with Crippen molar-refractivity contribution in [1.29, 1.82) is 0 Å². The number of nitrogens with zero attached hydrogens (tertiary/aromatic N) is 1. The molecule has 0 aliphatic heterocycles. The molecule has 0 atom stereocenters. The highest BCUT2D eigenvalue weighted by atomic mass is 79.9. The fourth-order valence-corrected chi connectivity index (χ4v) is 2.54. The van der Waals surface area contributed by atoms with Crippen LogP contribution in [0.1, 0.15) is 11.1 Å². The third-order valence-corrected chi connectivity index (χ3v) is 3.91. The van der Waals surface area contributed by atoms with Crippen molar-refractivity contribution >= 4 is 38.6 Å². The lowest BCUT2D eigenvalue weighted by Gasteiger charge is -2.09. The second-order valence-corrected chi connectivity index (χ2v) is 5.70. The zero-order chi connectivity index (χ0) is 15.5. The van der Waals surface area contributed by atoms with E-state index in [0.717, 1.165) is 26.6 Å². The number of aromatic nitrogens is 2. The van der Waals surface area contributed by atoms with Gasteiger partial charge in [-0.3, -0.25) is 10.4 Å². The molecule has 22 heavy (non-hydrogen) atoms. The first kappa shape index (κ1) is 14.6. The number of amides is 1. The van der Waals surface area contributed by atoms with Crippen molar-refractivity contribution < 1.29 is 9.53 Å². The van der Waals surface area contributed by atoms with Gasteiger partial charge in [0.25, 0.3) is 0 Å². The second-order valence-electron chi connectivity index (χ2n) is 4.91. The third kappa shape index (κ3) is 3.12. The number of aryl methyl sites for hydroxylation is 1. The lowest BCUT2D eigenvalue weighted by molar-refractivity contribution is 0.155. The highest BCUT2D eigenvalue weighted by Gasteiger charge is 2.10. The van der Waals surface area contributed by atoms with Gasteiger partial charge in [0.05, 0.1) is 5.52 Å². The predicted octanol–water partition coefficient (Wildman–Crippen LogP) is 4.38. The van der Waals surface area contributed by atoms with Gasteiger partial charge in [0.1, 0.15) is 11.2 Å². The van der Waals surface area contributed by atoms with E-state index in [4.69, 9.17) is 4.74 Å². The number of anilines is 1. The average molecular weight is 360 g/mol. The van der Waals surface area contributed by atoms with Crippen molar-refractivity contribution in [2.75, 3.05) is 5.32 Å². The molecule has 0 saturated carbocycles. The minimum absolute atomic E-state index is 0.238. The van der Waals surface area contributed by atoms with Crippen LogP contribution in [-0.4, -0.2) is 16.3 Å². The van der Waals surface area contributed by atoms with Gasteiger partial charge in [-0.2, -0.15) is 5.10 Å². The molecule has 0 aliphatic rings. The summed E-state index contributed by atoms with van der Waals surface area (Å²) in [7, 11) is 0. The number of nitrogens with one attached hydrogen (secondary N) is 2. The Kier molecular flexibility index (Phi) is 4.11. The summed E-state index contributed by atoms with van der Waals surface area (Å²) in [5, 5.41) is 10.7. The third-order valence-electron chi connectivity index (χ3n) is 3.30. The summed E-state index contributed by atoms with van der Waals surface area (Å²) >= 11 is 3.40. The average Bonchev–Trinajstić information content (AvgIpc) is 2.87. The molecule has 0 unspecified atom stereocenters. The highest BCUT2D eigenvalue weighted by Crippen LogP contribution is 2.27. The molecule has 1 aromatic heterocycles. The van der Waals surface area contributed by atoms with E-state index in [0.29, 0.717) is 5.69 Å². The predicted molar refractivity (Wildman–Crippen MR) is 88.8 cm³/mol. The van der Waals surface area contributed by atoms with Gasteiger partial charge in [-0.15, -0.1) is 0 Å². The highest BCUT2D eigenvalue weighted by molar-refractivity contribution is 9.10. The monoisotopic (exact) mass is 359 g/mol. The number of rotatable bonds is 3. The van der Waals surface area contributed by atoms with Crippen LogP contribution in [0.25, 0.3) is 10.9 Å². The molecule has 0 saturated heterocycles. The molecule has 1 heterocycles. The summed E-state index contributed by atoms with van der Waals surface area (Å²) in [6, 6.07) is 13.3. The molecule has 3 rings (SSSR count). The van der Waals surface area contributed by atoms with E-state index in [-0.39, 0.29) is 6.61 Å². The van der Waals surface area contributed by atoms with E-state index in [1.54, 1.807) is 0 Å². The van der Waals surface area contributed by atoms with Gasteiger partial charge in [-0.05, 0) is 46.1 Å². The molecular weight excluding hydrogens is 346 g/mol. The topological polar surface area (TPSA) is 67.0 Å². The Hall–Kier alpha value is -2.34. The van der Waals surface area contributed by atoms with Crippen molar-refractivity contribution in [3.63, 3.8) is 0 Å². The van der Waals surface area contributed by atoms with Crippen molar-refractivity contribution in [2.24, 2.45) is 0 Å². The molecule has 0 aliphatic carbocycles. The minimum Gasteiger partial charge on any atom is -0.444 e. The number of hydrogen-bond acceptors (Lipinski definition) is 3. The SMILES string of the molecule is Cc1cc2c(Br)[nH]nc2cc1NC(=O)OCc1ccccc1. The van der Waals surface area contributed by atoms with Gasteiger partial charge in [-0.25, -0.2) is 4.79 Å². The molecule has 1 amide bonds. The molecular formula is C16H14BrN3O2. The van der Waals surface area contributed by atoms with Crippen LogP contribution < -0.4 is 5.32 Å². The zero-order valence-electron chi connectivity index (χ0n) is 11.9. The number of halogens is 1. The summed E-state index contributed by atoms with van der Waals surface area (Å²) in [6.45, 7) is 2.16. The Balaban J connectivity index is 1.70. The first-order valence-electron chi connectivity index (χ1n) is 6.75. The van der Waals surface area contributed by atoms with Crippen LogP contribution in [0.15, 0.2) is 47.1 Å². The molecule has 2 N–H and O–H groups in total. The summed E-state index contributed by atoms with van der Waals surface area (Å²) in [6.07, 6.45) is -0.485. The molecule has 5 nitrogen and oxygen atoms in total. The second kappa shape index (κ2) is 6.19. The van der Waals surface area contributed by atoms with Crippen molar-refractivity contribution in [3.8, 4) is 0 Å². The van der Waals surface area contributed by atoms with Crippen LogP contribution in [-0.2, 0) is 11.3 Å². The van der Waals surface area contributed by atoms with Gasteiger partial charge < -0.3 is 4.74 Å². The number of H-pyrrole nitrogens is 1. The van der Waals surface area contributed by atoms with Crippen molar-refractivity contribution in [1.82, 2.24) is 10.2 Å². The quantitative estimate of drug-likeness (QED) is 0.728. The van der Waals surface area contributed by atoms with Gasteiger partial charge in [0, 0.05) is 11.1 Å². The van der Waals surface area contributed by atoms with E-state index in [9.17, 15) is 4.79 Å². The molecule has 112 valence electrons. The molecule has 0 bridgehead atoms. The summed E-state index contributed by atoms with van der Waals surface area (Å²) < 4.78 is 6.04. The lowest BCUT2D eigenvalue weighted by atomic mass is 10.1. The number of carbonyl (C=O) groups is 1.